The van der Waals surface area contributed by atoms with Crippen molar-refractivity contribution in [1.82, 2.24) is 10.2 Å². The quantitative estimate of drug-likeness (QED) is 0.836. The van der Waals surface area contributed by atoms with Gasteiger partial charge in [0.05, 0.1) is 6.04 Å². The van der Waals surface area contributed by atoms with E-state index < -0.39 is 0 Å². The smallest absolute Gasteiger partial charge is 0.0510 e. The van der Waals surface area contributed by atoms with Gasteiger partial charge in [-0.1, -0.05) is 13.8 Å². The zero-order valence-electron chi connectivity index (χ0n) is 12.0. The van der Waals surface area contributed by atoms with E-state index in [0.29, 0.717) is 6.04 Å². The van der Waals surface area contributed by atoms with E-state index in [-0.39, 0.29) is 5.54 Å². The molecule has 0 aliphatic carbocycles. The molecule has 1 aromatic heterocycles. The maximum atomic E-state index is 3.50. The van der Waals surface area contributed by atoms with E-state index in [0.717, 1.165) is 13.1 Å². The molecule has 3 heteroatoms. The van der Waals surface area contributed by atoms with E-state index in [1.807, 2.05) is 11.3 Å². The largest absolute Gasteiger partial charge is 0.311 e. The summed E-state index contributed by atoms with van der Waals surface area (Å²) in [6.45, 7) is 13.5. The SMILES string of the molecule is CCN(CC)C(C)(C)C(NC)c1ccsc1C. The van der Waals surface area contributed by atoms with Crippen LogP contribution in [0.15, 0.2) is 11.4 Å². The third-order valence-electron chi connectivity index (χ3n) is 3.78. The summed E-state index contributed by atoms with van der Waals surface area (Å²) >= 11 is 1.83. The number of rotatable bonds is 6. The molecule has 0 aliphatic heterocycles. The van der Waals surface area contributed by atoms with Gasteiger partial charge < -0.3 is 5.32 Å². The Bertz CT molecular complexity index is 340. The Morgan fingerprint density at radius 3 is 2.29 bits per heavy atom. The molecule has 2 nitrogen and oxygen atoms in total. The van der Waals surface area contributed by atoms with Gasteiger partial charge in [0.25, 0.3) is 0 Å². The second-order valence-corrected chi connectivity index (χ2v) is 6.10. The zero-order chi connectivity index (χ0) is 13.1. The molecule has 1 heterocycles. The minimum atomic E-state index is 0.129. The molecular weight excluding hydrogens is 228 g/mol. The average Bonchev–Trinajstić information content (AvgIpc) is 2.67. The van der Waals surface area contributed by atoms with Crippen LogP contribution in [0.25, 0.3) is 0 Å². The lowest BCUT2D eigenvalue weighted by molar-refractivity contribution is 0.0944. The first kappa shape index (κ1) is 14.7. The van der Waals surface area contributed by atoms with E-state index in [4.69, 9.17) is 0 Å². The highest BCUT2D eigenvalue weighted by Gasteiger charge is 2.34. The van der Waals surface area contributed by atoms with E-state index in [9.17, 15) is 0 Å². The zero-order valence-corrected chi connectivity index (χ0v) is 12.8. The second-order valence-electron chi connectivity index (χ2n) is 4.98. The molecule has 0 amide bonds. The molecule has 1 atom stereocenters. The average molecular weight is 254 g/mol. The highest BCUT2D eigenvalue weighted by Crippen LogP contribution is 2.34. The Morgan fingerprint density at radius 1 is 1.35 bits per heavy atom. The molecule has 1 aromatic rings. The summed E-state index contributed by atoms with van der Waals surface area (Å²) in [6.07, 6.45) is 0. The molecule has 0 saturated carbocycles. The standard InChI is InChI=1S/C14H26N2S/c1-7-16(8-2)14(4,5)13(15-6)12-9-10-17-11(12)3/h9-10,13,15H,7-8H2,1-6H3. The van der Waals surface area contributed by atoms with Crippen molar-refractivity contribution in [3.05, 3.63) is 21.9 Å². The van der Waals surface area contributed by atoms with Crippen LogP contribution in [0.5, 0.6) is 0 Å². The summed E-state index contributed by atoms with van der Waals surface area (Å²) in [5.74, 6) is 0. The third kappa shape index (κ3) is 2.90. The summed E-state index contributed by atoms with van der Waals surface area (Å²) in [7, 11) is 2.06. The number of nitrogens with one attached hydrogen (secondary N) is 1. The number of likely N-dealkylation sites (N-methyl/N-ethyl adjacent to an activating group) is 2. The van der Waals surface area contributed by atoms with Crippen LogP contribution in [0.4, 0.5) is 0 Å². The fourth-order valence-corrected chi connectivity index (χ4v) is 3.55. The Hall–Kier alpha value is -0.380. The number of hydrogen-bond donors (Lipinski definition) is 1. The molecule has 0 radical (unpaired) electrons. The first-order valence-corrected chi connectivity index (χ1v) is 7.33. The lowest BCUT2D eigenvalue weighted by Crippen LogP contribution is -2.52. The molecule has 1 rings (SSSR count). The summed E-state index contributed by atoms with van der Waals surface area (Å²) in [6, 6.07) is 2.64. The second kappa shape index (κ2) is 5.98. The predicted molar refractivity (Wildman–Crippen MR) is 77.9 cm³/mol. The Morgan fingerprint density at radius 2 is 1.94 bits per heavy atom. The van der Waals surface area contributed by atoms with Crippen LogP contribution in [0.2, 0.25) is 0 Å². The molecular formula is C14H26N2S. The van der Waals surface area contributed by atoms with Crippen LogP contribution in [-0.2, 0) is 0 Å². The Balaban J connectivity index is 3.05. The lowest BCUT2D eigenvalue weighted by atomic mass is 9.87. The normalized spacial score (nSPS) is 14.3. The predicted octanol–water partition coefficient (Wildman–Crippen LogP) is 3.44. The molecule has 0 aliphatic rings. The van der Waals surface area contributed by atoms with Gasteiger partial charge in [-0.15, -0.1) is 11.3 Å². The fourth-order valence-electron chi connectivity index (χ4n) is 2.80. The van der Waals surface area contributed by atoms with Crippen LogP contribution in [0, 0.1) is 6.92 Å². The monoisotopic (exact) mass is 254 g/mol. The summed E-state index contributed by atoms with van der Waals surface area (Å²) < 4.78 is 0. The maximum Gasteiger partial charge on any atom is 0.0510 e. The number of hydrogen-bond acceptors (Lipinski definition) is 3. The Kier molecular flexibility index (Phi) is 5.17. The molecule has 0 fully saturated rings. The maximum absolute atomic E-state index is 3.50. The van der Waals surface area contributed by atoms with Crippen molar-refractivity contribution in [3.63, 3.8) is 0 Å². The fraction of sp³-hybridized carbons (Fsp3) is 0.714. The minimum absolute atomic E-state index is 0.129. The third-order valence-corrected chi connectivity index (χ3v) is 4.64. The van der Waals surface area contributed by atoms with Gasteiger partial charge in [-0.2, -0.15) is 0 Å². The van der Waals surface area contributed by atoms with Crippen LogP contribution < -0.4 is 5.32 Å². The first-order valence-electron chi connectivity index (χ1n) is 6.45. The van der Waals surface area contributed by atoms with Crippen molar-refractivity contribution in [2.24, 2.45) is 0 Å². The van der Waals surface area contributed by atoms with E-state index in [1.54, 1.807) is 0 Å². The summed E-state index contributed by atoms with van der Waals surface area (Å²) in [4.78, 5) is 3.94. The van der Waals surface area contributed by atoms with Crippen molar-refractivity contribution in [1.29, 1.82) is 0 Å². The molecule has 1 N–H and O–H groups in total. The summed E-state index contributed by atoms with van der Waals surface area (Å²) in [5, 5.41) is 5.69. The molecule has 0 saturated heterocycles. The topological polar surface area (TPSA) is 15.3 Å². The summed E-state index contributed by atoms with van der Waals surface area (Å²) in [5.41, 5.74) is 1.57. The van der Waals surface area contributed by atoms with E-state index in [2.05, 4.69) is 63.3 Å². The van der Waals surface area contributed by atoms with Crippen molar-refractivity contribution < 1.29 is 0 Å². The van der Waals surface area contributed by atoms with Gasteiger partial charge >= 0.3 is 0 Å². The number of thiophene rings is 1. The van der Waals surface area contributed by atoms with Gasteiger partial charge in [0, 0.05) is 10.4 Å². The molecule has 17 heavy (non-hydrogen) atoms. The highest BCUT2D eigenvalue weighted by atomic mass is 32.1. The minimum Gasteiger partial charge on any atom is -0.311 e. The van der Waals surface area contributed by atoms with Gasteiger partial charge in [0.15, 0.2) is 0 Å². The van der Waals surface area contributed by atoms with Crippen LogP contribution in [0.1, 0.15) is 44.2 Å². The molecule has 0 spiro atoms. The first-order chi connectivity index (χ1) is 7.98. The van der Waals surface area contributed by atoms with Gasteiger partial charge in [-0.05, 0) is 57.9 Å². The lowest BCUT2D eigenvalue weighted by Gasteiger charge is -2.43. The van der Waals surface area contributed by atoms with Gasteiger partial charge in [-0.25, -0.2) is 0 Å². The molecule has 0 aromatic carbocycles. The van der Waals surface area contributed by atoms with Crippen LogP contribution in [-0.4, -0.2) is 30.6 Å². The van der Waals surface area contributed by atoms with Gasteiger partial charge in [-0.3, -0.25) is 4.90 Å². The van der Waals surface area contributed by atoms with Gasteiger partial charge in [0.2, 0.25) is 0 Å². The van der Waals surface area contributed by atoms with E-state index in [1.165, 1.54) is 10.4 Å². The van der Waals surface area contributed by atoms with Crippen molar-refractivity contribution in [2.75, 3.05) is 20.1 Å². The molecule has 1 unspecified atom stereocenters. The number of aryl methyl sites for hydroxylation is 1. The van der Waals surface area contributed by atoms with Crippen LogP contribution >= 0.6 is 11.3 Å². The highest BCUT2D eigenvalue weighted by molar-refractivity contribution is 7.10. The number of nitrogens with zero attached hydrogens (tertiary/aromatic N) is 1. The van der Waals surface area contributed by atoms with Gasteiger partial charge in [0.1, 0.15) is 0 Å². The molecule has 98 valence electrons. The molecule has 0 bridgehead atoms. The van der Waals surface area contributed by atoms with Crippen molar-refractivity contribution >= 4 is 11.3 Å². The Labute approximate surface area is 110 Å². The van der Waals surface area contributed by atoms with Crippen molar-refractivity contribution in [3.8, 4) is 0 Å². The van der Waals surface area contributed by atoms with E-state index >= 15 is 0 Å². The van der Waals surface area contributed by atoms with Crippen molar-refractivity contribution in [2.45, 2.75) is 46.2 Å². The van der Waals surface area contributed by atoms with Crippen LogP contribution in [0.3, 0.4) is 0 Å².